The molecule has 3 heteroatoms. The predicted octanol–water partition coefficient (Wildman–Crippen LogP) is 3.43. The fourth-order valence-corrected chi connectivity index (χ4v) is 2.98. The molecule has 1 aromatic carbocycles. The predicted molar refractivity (Wildman–Crippen MR) is 90.6 cm³/mol. The first kappa shape index (κ1) is 16.4. The summed E-state index contributed by atoms with van der Waals surface area (Å²) in [6.07, 6.45) is 4.21. The van der Waals surface area contributed by atoms with Gasteiger partial charge in [-0.25, -0.2) is 0 Å². The van der Waals surface area contributed by atoms with Gasteiger partial charge in [0.25, 0.3) is 8.32 Å². The smallest absolute Gasteiger partial charge is 0.264 e. The molecule has 0 radical (unpaired) electrons. The van der Waals surface area contributed by atoms with Gasteiger partial charge in [0.15, 0.2) is 0 Å². The first-order valence-corrected chi connectivity index (χ1v) is 8.87. The van der Waals surface area contributed by atoms with Crippen LogP contribution in [0.25, 0.3) is 6.08 Å². The number of benzene rings is 1. The van der Waals surface area contributed by atoms with Crippen molar-refractivity contribution in [3.05, 3.63) is 78.8 Å². The molecule has 2 nitrogen and oxygen atoms in total. The van der Waals surface area contributed by atoms with Crippen LogP contribution in [0.2, 0.25) is 0 Å². The standard InChI is InChI=1S/C17H23NOSi/c1-4-20(5-2,6-3)19-16-15-18-14-10-13-17-11-8-7-9-12-17/h4-13,18H,1-3,14-16H2/b13-10+. The minimum atomic E-state index is -2.10. The van der Waals surface area contributed by atoms with Gasteiger partial charge < -0.3 is 9.74 Å². The highest BCUT2D eigenvalue weighted by atomic mass is 28.4. The van der Waals surface area contributed by atoms with E-state index in [1.54, 1.807) is 0 Å². The molecular formula is C17H23NOSi. The molecule has 106 valence electrons. The van der Waals surface area contributed by atoms with Crippen LogP contribution in [-0.2, 0) is 4.43 Å². The van der Waals surface area contributed by atoms with Crippen LogP contribution in [0.15, 0.2) is 73.2 Å². The topological polar surface area (TPSA) is 21.3 Å². The van der Waals surface area contributed by atoms with E-state index in [2.05, 4.69) is 49.3 Å². The highest BCUT2D eigenvalue weighted by Crippen LogP contribution is 2.08. The number of hydrogen-bond acceptors (Lipinski definition) is 2. The van der Waals surface area contributed by atoms with Crippen LogP contribution in [0.1, 0.15) is 5.56 Å². The van der Waals surface area contributed by atoms with Crippen molar-refractivity contribution in [1.29, 1.82) is 0 Å². The van der Waals surface area contributed by atoms with Crippen molar-refractivity contribution in [2.75, 3.05) is 19.7 Å². The van der Waals surface area contributed by atoms with Gasteiger partial charge in [-0.05, 0) is 5.56 Å². The molecule has 0 atom stereocenters. The van der Waals surface area contributed by atoms with Crippen molar-refractivity contribution < 1.29 is 4.43 Å². The van der Waals surface area contributed by atoms with Gasteiger partial charge in [0.05, 0.1) is 0 Å². The molecule has 0 unspecified atom stereocenters. The molecule has 1 aromatic rings. The summed E-state index contributed by atoms with van der Waals surface area (Å²) in [5.41, 5.74) is 6.72. The Kier molecular flexibility index (Phi) is 7.58. The Hall–Kier alpha value is -1.68. The van der Waals surface area contributed by atoms with Crippen molar-refractivity contribution in [3.63, 3.8) is 0 Å². The molecule has 0 aliphatic carbocycles. The highest BCUT2D eigenvalue weighted by molar-refractivity contribution is 6.87. The molecule has 20 heavy (non-hydrogen) atoms. The number of hydrogen-bond donors (Lipinski definition) is 1. The van der Waals surface area contributed by atoms with E-state index >= 15 is 0 Å². The largest absolute Gasteiger partial charge is 0.404 e. The van der Waals surface area contributed by atoms with Crippen molar-refractivity contribution >= 4 is 14.4 Å². The maximum Gasteiger partial charge on any atom is 0.264 e. The summed E-state index contributed by atoms with van der Waals surface area (Å²) in [5.74, 6) is 0. The Bertz CT molecular complexity index is 432. The second-order valence-corrected chi connectivity index (χ2v) is 7.55. The van der Waals surface area contributed by atoms with Gasteiger partial charge in [-0.2, -0.15) is 0 Å². The Labute approximate surface area is 123 Å². The summed E-state index contributed by atoms with van der Waals surface area (Å²) < 4.78 is 5.84. The molecule has 0 spiro atoms. The summed E-state index contributed by atoms with van der Waals surface area (Å²) in [5, 5.41) is 3.31. The molecule has 0 fully saturated rings. The van der Waals surface area contributed by atoms with Crippen molar-refractivity contribution in [2.24, 2.45) is 0 Å². The van der Waals surface area contributed by atoms with Gasteiger partial charge in [-0.15, -0.1) is 19.7 Å². The SMILES string of the molecule is C=C[Si](C=C)(C=C)OCCNC/C=C/c1ccccc1. The Morgan fingerprint density at radius 1 is 1.05 bits per heavy atom. The van der Waals surface area contributed by atoms with Crippen molar-refractivity contribution in [1.82, 2.24) is 5.32 Å². The van der Waals surface area contributed by atoms with E-state index in [1.807, 2.05) is 35.3 Å². The molecule has 0 aliphatic heterocycles. The van der Waals surface area contributed by atoms with Crippen molar-refractivity contribution in [3.8, 4) is 0 Å². The fraction of sp³-hybridized carbons (Fsp3) is 0.176. The zero-order valence-corrected chi connectivity index (χ0v) is 12.9. The Morgan fingerprint density at radius 3 is 2.30 bits per heavy atom. The van der Waals surface area contributed by atoms with Crippen LogP contribution in [0.4, 0.5) is 0 Å². The molecule has 0 amide bonds. The van der Waals surface area contributed by atoms with Crippen LogP contribution >= 0.6 is 0 Å². The lowest BCUT2D eigenvalue weighted by Crippen LogP contribution is -2.35. The lowest BCUT2D eigenvalue weighted by Gasteiger charge is -2.20. The summed E-state index contributed by atoms with van der Waals surface area (Å²) in [6, 6.07) is 10.2. The van der Waals surface area contributed by atoms with E-state index in [1.165, 1.54) is 5.56 Å². The Balaban J connectivity index is 2.19. The first-order chi connectivity index (χ1) is 9.76. The van der Waals surface area contributed by atoms with Gasteiger partial charge >= 0.3 is 0 Å². The molecule has 0 aromatic heterocycles. The Morgan fingerprint density at radius 2 is 1.70 bits per heavy atom. The molecular weight excluding hydrogens is 262 g/mol. The van der Waals surface area contributed by atoms with Crippen LogP contribution in [-0.4, -0.2) is 28.0 Å². The molecule has 1 N–H and O–H groups in total. The van der Waals surface area contributed by atoms with Gasteiger partial charge in [0, 0.05) is 19.7 Å². The zero-order chi connectivity index (χ0) is 14.7. The average Bonchev–Trinajstić information content (AvgIpc) is 2.52. The van der Waals surface area contributed by atoms with E-state index < -0.39 is 8.32 Å². The molecule has 0 saturated carbocycles. The fourth-order valence-electron chi connectivity index (χ4n) is 1.67. The van der Waals surface area contributed by atoms with Gasteiger partial charge in [0.1, 0.15) is 0 Å². The van der Waals surface area contributed by atoms with Crippen molar-refractivity contribution in [2.45, 2.75) is 0 Å². The highest BCUT2D eigenvalue weighted by Gasteiger charge is 2.22. The third-order valence-electron chi connectivity index (χ3n) is 2.96. The molecule has 0 heterocycles. The van der Waals surface area contributed by atoms with E-state index in [4.69, 9.17) is 4.43 Å². The minimum Gasteiger partial charge on any atom is -0.404 e. The summed E-state index contributed by atoms with van der Waals surface area (Å²) >= 11 is 0. The molecule has 0 bridgehead atoms. The number of rotatable bonds is 10. The minimum absolute atomic E-state index is 0.634. The summed E-state index contributed by atoms with van der Waals surface area (Å²) in [6.45, 7) is 13.7. The molecule has 1 rings (SSSR count). The lowest BCUT2D eigenvalue weighted by atomic mass is 10.2. The van der Waals surface area contributed by atoms with Crippen LogP contribution in [0.3, 0.4) is 0 Å². The second-order valence-electron chi connectivity index (χ2n) is 4.33. The van der Waals surface area contributed by atoms with E-state index in [0.29, 0.717) is 6.61 Å². The van der Waals surface area contributed by atoms with E-state index in [9.17, 15) is 0 Å². The lowest BCUT2D eigenvalue weighted by molar-refractivity contribution is 0.320. The summed E-state index contributed by atoms with van der Waals surface area (Å²) in [7, 11) is -2.10. The van der Waals surface area contributed by atoms with Gasteiger partial charge in [-0.1, -0.05) is 59.6 Å². The van der Waals surface area contributed by atoms with Gasteiger partial charge in [0.2, 0.25) is 0 Å². The van der Waals surface area contributed by atoms with Crippen LogP contribution in [0, 0.1) is 0 Å². The van der Waals surface area contributed by atoms with Crippen LogP contribution in [0.5, 0.6) is 0 Å². The van der Waals surface area contributed by atoms with Crippen LogP contribution < -0.4 is 5.32 Å². The van der Waals surface area contributed by atoms with Gasteiger partial charge in [-0.3, -0.25) is 0 Å². The quantitative estimate of drug-likeness (QED) is 0.525. The number of nitrogens with one attached hydrogen (secondary N) is 1. The normalized spacial score (nSPS) is 11.4. The third kappa shape index (κ3) is 5.53. The second kappa shape index (κ2) is 9.26. The zero-order valence-electron chi connectivity index (χ0n) is 11.9. The maximum absolute atomic E-state index is 5.84. The molecule has 0 saturated heterocycles. The monoisotopic (exact) mass is 285 g/mol. The summed E-state index contributed by atoms with van der Waals surface area (Å²) in [4.78, 5) is 0. The van der Waals surface area contributed by atoms with E-state index in [-0.39, 0.29) is 0 Å². The third-order valence-corrected chi connectivity index (χ3v) is 5.58. The molecule has 0 aliphatic rings. The average molecular weight is 285 g/mol. The maximum atomic E-state index is 5.84. The van der Waals surface area contributed by atoms with E-state index in [0.717, 1.165) is 13.1 Å². The first-order valence-electron chi connectivity index (χ1n) is 6.73.